The monoisotopic (exact) mass is 280 g/mol. The van der Waals surface area contributed by atoms with Crippen molar-refractivity contribution >= 4 is 17.1 Å². The molecule has 0 spiro atoms. The molecule has 0 atom stereocenters. The van der Waals surface area contributed by atoms with E-state index in [-0.39, 0.29) is 0 Å². The first-order valence-corrected chi connectivity index (χ1v) is 7.22. The van der Waals surface area contributed by atoms with Crippen LogP contribution in [0, 0.1) is 6.92 Å². The Morgan fingerprint density at radius 2 is 1.57 bits per heavy atom. The van der Waals surface area contributed by atoms with Crippen molar-refractivity contribution in [1.82, 2.24) is 0 Å². The van der Waals surface area contributed by atoms with Gasteiger partial charge in [-0.15, -0.1) is 0 Å². The number of carbonyl (C=O) groups is 1. The van der Waals surface area contributed by atoms with Gasteiger partial charge in [-0.3, -0.25) is 0 Å². The molecule has 0 aliphatic heterocycles. The average Bonchev–Trinajstić information content (AvgIpc) is 2.48. The Kier molecular flexibility index (Phi) is 4.94. The fraction of sp³-hybridized carbons (Fsp3) is 0.211. The van der Waals surface area contributed by atoms with Crippen molar-refractivity contribution in [2.24, 2.45) is 0 Å². The Morgan fingerprint density at radius 3 is 2.10 bits per heavy atom. The lowest BCUT2D eigenvalue weighted by atomic mass is 9.91. The Bertz CT molecular complexity index is 637. The number of rotatable bonds is 5. The van der Waals surface area contributed by atoms with E-state index in [1.54, 1.807) is 0 Å². The van der Waals surface area contributed by atoms with Crippen LogP contribution in [0.15, 0.2) is 54.6 Å². The van der Waals surface area contributed by atoms with Crippen molar-refractivity contribution in [3.63, 3.8) is 0 Å². The third-order valence-corrected chi connectivity index (χ3v) is 3.48. The summed E-state index contributed by atoms with van der Waals surface area (Å²) in [6.45, 7) is 4.10. The fourth-order valence-corrected chi connectivity index (χ4v) is 2.45. The van der Waals surface area contributed by atoms with Crippen LogP contribution < -0.4 is 0 Å². The van der Waals surface area contributed by atoms with E-state index in [0.717, 1.165) is 29.5 Å². The Hall–Kier alpha value is -2.35. The van der Waals surface area contributed by atoms with Crippen LogP contribution in [0.1, 0.15) is 36.5 Å². The quantitative estimate of drug-likeness (QED) is 0.631. The standard InChI is InChI=1S/C19H20O2/c1-3-7-17(15-12-10-14(2)11-13-15)18(19(20)21)16-8-5-4-6-9-16/h4-6,8-13H,3,7H2,1-2H3,(H,20,21). The summed E-state index contributed by atoms with van der Waals surface area (Å²) in [6.07, 6.45) is 1.66. The molecule has 0 aliphatic carbocycles. The molecule has 2 heteroatoms. The van der Waals surface area contributed by atoms with Gasteiger partial charge in [0.2, 0.25) is 0 Å². The molecule has 0 amide bonds. The second-order valence-electron chi connectivity index (χ2n) is 5.14. The largest absolute Gasteiger partial charge is 0.478 e. The van der Waals surface area contributed by atoms with Crippen molar-refractivity contribution in [3.8, 4) is 0 Å². The smallest absolute Gasteiger partial charge is 0.336 e. The normalized spacial score (nSPS) is 11.9. The topological polar surface area (TPSA) is 37.3 Å². The molecular formula is C19H20O2. The first kappa shape index (κ1) is 15.0. The zero-order chi connectivity index (χ0) is 15.2. The number of carboxylic acid groups (broad SMARTS) is 1. The molecular weight excluding hydrogens is 260 g/mol. The van der Waals surface area contributed by atoms with E-state index in [0.29, 0.717) is 5.57 Å². The van der Waals surface area contributed by atoms with Crippen LogP contribution in [0.2, 0.25) is 0 Å². The molecule has 0 heterocycles. The Morgan fingerprint density at radius 1 is 0.952 bits per heavy atom. The lowest BCUT2D eigenvalue weighted by Gasteiger charge is -2.13. The van der Waals surface area contributed by atoms with Crippen LogP contribution in [0.5, 0.6) is 0 Å². The van der Waals surface area contributed by atoms with Gasteiger partial charge in [-0.25, -0.2) is 4.79 Å². The van der Waals surface area contributed by atoms with Crippen molar-refractivity contribution in [1.29, 1.82) is 0 Å². The summed E-state index contributed by atoms with van der Waals surface area (Å²) in [5, 5.41) is 9.68. The summed E-state index contributed by atoms with van der Waals surface area (Å²) >= 11 is 0. The molecule has 0 bridgehead atoms. The third kappa shape index (κ3) is 3.60. The number of hydrogen-bond acceptors (Lipinski definition) is 1. The van der Waals surface area contributed by atoms with Crippen LogP contribution in [0.25, 0.3) is 11.1 Å². The molecule has 108 valence electrons. The number of allylic oxidation sites excluding steroid dienone is 1. The van der Waals surface area contributed by atoms with Gasteiger partial charge < -0.3 is 5.11 Å². The van der Waals surface area contributed by atoms with Crippen LogP contribution >= 0.6 is 0 Å². The van der Waals surface area contributed by atoms with Gasteiger partial charge in [0.25, 0.3) is 0 Å². The molecule has 2 aromatic rings. The highest BCUT2D eigenvalue weighted by molar-refractivity contribution is 6.23. The number of benzene rings is 2. The maximum absolute atomic E-state index is 11.8. The maximum atomic E-state index is 11.8. The first-order valence-electron chi connectivity index (χ1n) is 7.22. The van der Waals surface area contributed by atoms with E-state index in [1.165, 1.54) is 5.56 Å². The van der Waals surface area contributed by atoms with Gasteiger partial charge >= 0.3 is 5.97 Å². The molecule has 0 unspecified atom stereocenters. The summed E-state index contributed by atoms with van der Waals surface area (Å²) in [4.78, 5) is 11.8. The second kappa shape index (κ2) is 6.89. The summed E-state index contributed by atoms with van der Waals surface area (Å²) in [6, 6.07) is 17.4. The van der Waals surface area contributed by atoms with Gasteiger partial charge in [0, 0.05) is 0 Å². The van der Waals surface area contributed by atoms with E-state index in [4.69, 9.17) is 0 Å². The number of aryl methyl sites for hydroxylation is 1. The average molecular weight is 280 g/mol. The zero-order valence-electron chi connectivity index (χ0n) is 12.5. The minimum absolute atomic E-state index is 0.404. The summed E-state index contributed by atoms with van der Waals surface area (Å²) in [7, 11) is 0. The summed E-state index contributed by atoms with van der Waals surface area (Å²) in [5.74, 6) is -0.870. The number of aliphatic carboxylic acids is 1. The lowest BCUT2D eigenvalue weighted by molar-refractivity contribution is -0.130. The van der Waals surface area contributed by atoms with E-state index >= 15 is 0 Å². The van der Waals surface area contributed by atoms with Gasteiger partial charge in [0.15, 0.2) is 0 Å². The van der Waals surface area contributed by atoms with Gasteiger partial charge in [-0.05, 0) is 30.0 Å². The van der Waals surface area contributed by atoms with Gasteiger partial charge in [0.1, 0.15) is 0 Å². The zero-order valence-corrected chi connectivity index (χ0v) is 12.5. The van der Waals surface area contributed by atoms with Crippen LogP contribution in [0.4, 0.5) is 0 Å². The molecule has 0 aliphatic rings. The van der Waals surface area contributed by atoms with E-state index in [1.807, 2.05) is 61.5 Å². The number of carboxylic acids is 1. The lowest BCUT2D eigenvalue weighted by Crippen LogP contribution is -2.04. The van der Waals surface area contributed by atoms with Gasteiger partial charge in [-0.1, -0.05) is 73.5 Å². The molecule has 21 heavy (non-hydrogen) atoms. The van der Waals surface area contributed by atoms with E-state index in [2.05, 4.69) is 6.92 Å². The first-order chi connectivity index (χ1) is 10.1. The molecule has 2 rings (SSSR count). The third-order valence-electron chi connectivity index (χ3n) is 3.48. The summed E-state index contributed by atoms with van der Waals surface area (Å²) < 4.78 is 0. The van der Waals surface area contributed by atoms with E-state index < -0.39 is 5.97 Å². The van der Waals surface area contributed by atoms with E-state index in [9.17, 15) is 9.90 Å². The summed E-state index contributed by atoms with van der Waals surface area (Å²) in [5.41, 5.74) is 4.22. The molecule has 0 fully saturated rings. The predicted molar refractivity (Wildman–Crippen MR) is 87.0 cm³/mol. The van der Waals surface area contributed by atoms with Gasteiger partial charge in [0.05, 0.1) is 5.57 Å². The second-order valence-corrected chi connectivity index (χ2v) is 5.14. The van der Waals surface area contributed by atoms with Crippen molar-refractivity contribution in [2.45, 2.75) is 26.7 Å². The van der Waals surface area contributed by atoms with Crippen LogP contribution in [-0.4, -0.2) is 11.1 Å². The molecule has 0 saturated carbocycles. The fourth-order valence-electron chi connectivity index (χ4n) is 2.45. The molecule has 2 nitrogen and oxygen atoms in total. The van der Waals surface area contributed by atoms with Crippen molar-refractivity contribution in [3.05, 3.63) is 71.3 Å². The SMILES string of the molecule is CCCC(=C(C(=O)O)c1ccccc1)c1ccc(C)cc1. The molecule has 1 N–H and O–H groups in total. The highest BCUT2D eigenvalue weighted by Crippen LogP contribution is 2.30. The highest BCUT2D eigenvalue weighted by Gasteiger charge is 2.17. The van der Waals surface area contributed by atoms with Crippen LogP contribution in [-0.2, 0) is 4.79 Å². The predicted octanol–water partition coefficient (Wildman–Crippen LogP) is 4.79. The van der Waals surface area contributed by atoms with Crippen molar-refractivity contribution < 1.29 is 9.90 Å². The van der Waals surface area contributed by atoms with Gasteiger partial charge in [-0.2, -0.15) is 0 Å². The minimum Gasteiger partial charge on any atom is -0.478 e. The highest BCUT2D eigenvalue weighted by atomic mass is 16.4. The Labute approximate surface area is 125 Å². The minimum atomic E-state index is -0.870. The molecule has 0 radical (unpaired) electrons. The Balaban J connectivity index is 2.63. The molecule has 0 saturated heterocycles. The van der Waals surface area contributed by atoms with Crippen molar-refractivity contribution in [2.75, 3.05) is 0 Å². The molecule has 0 aromatic heterocycles. The van der Waals surface area contributed by atoms with Crippen LogP contribution in [0.3, 0.4) is 0 Å². The molecule has 2 aromatic carbocycles. The number of hydrogen-bond donors (Lipinski definition) is 1. The maximum Gasteiger partial charge on any atom is 0.336 e.